The maximum Gasteiger partial charge on any atom is 0.365 e. The average molecular weight is 183 g/mol. The molecule has 64 valence electrons. The Hall–Kier alpha value is -0.900. The number of hydrogen-bond donors (Lipinski definition) is 1. The molecule has 1 aliphatic rings. The van der Waals surface area contributed by atoms with Crippen LogP contribution in [0.4, 0.5) is 0 Å². The van der Waals surface area contributed by atoms with E-state index < -0.39 is 5.97 Å². The van der Waals surface area contributed by atoms with E-state index in [1.807, 2.05) is 0 Å². The number of rotatable bonds is 2. The van der Waals surface area contributed by atoms with Gasteiger partial charge in [0.05, 0.1) is 0 Å². The van der Waals surface area contributed by atoms with E-state index in [1.54, 1.807) is 6.20 Å². The molecule has 1 aromatic rings. The molecule has 0 bridgehead atoms. The molecule has 0 spiro atoms. The lowest BCUT2D eigenvalue weighted by Gasteiger charge is -2.23. The quantitative estimate of drug-likeness (QED) is 0.763. The molecule has 1 saturated carbocycles. The average Bonchev–Trinajstić information content (AvgIpc) is 2.32. The summed E-state index contributed by atoms with van der Waals surface area (Å²) in [5.41, 5.74) is 0. The fraction of sp³-hybridized carbons (Fsp3) is 0.500. The van der Waals surface area contributed by atoms with Crippen LogP contribution in [0.3, 0.4) is 0 Å². The van der Waals surface area contributed by atoms with Crippen molar-refractivity contribution in [2.45, 2.75) is 25.2 Å². The number of carboxylic acid groups (broad SMARTS) is 1. The summed E-state index contributed by atoms with van der Waals surface area (Å²) >= 11 is 1.31. The van der Waals surface area contributed by atoms with Crippen LogP contribution >= 0.6 is 11.3 Å². The molecular weight excluding hydrogens is 174 g/mol. The van der Waals surface area contributed by atoms with Crippen molar-refractivity contribution in [2.75, 3.05) is 0 Å². The number of carbonyl (C=O) groups is 1. The van der Waals surface area contributed by atoms with Gasteiger partial charge in [-0.3, -0.25) is 0 Å². The first-order chi connectivity index (χ1) is 5.77. The van der Waals surface area contributed by atoms with Crippen LogP contribution in [0, 0.1) is 0 Å². The number of thiazole rings is 1. The van der Waals surface area contributed by atoms with Gasteiger partial charge in [0, 0.05) is 11.1 Å². The predicted molar refractivity (Wildman–Crippen MR) is 45.7 cm³/mol. The lowest BCUT2D eigenvalue weighted by molar-refractivity contribution is 0.0696. The zero-order chi connectivity index (χ0) is 8.55. The van der Waals surface area contributed by atoms with E-state index >= 15 is 0 Å². The molecule has 0 atom stereocenters. The highest BCUT2D eigenvalue weighted by atomic mass is 32.1. The fourth-order valence-corrected chi connectivity index (χ4v) is 2.19. The molecule has 0 aliphatic heterocycles. The molecule has 0 aromatic carbocycles. The van der Waals surface area contributed by atoms with Crippen LogP contribution in [0.15, 0.2) is 6.20 Å². The molecule has 2 rings (SSSR count). The van der Waals surface area contributed by atoms with Crippen molar-refractivity contribution >= 4 is 17.3 Å². The first-order valence-corrected chi connectivity index (χ1v) is 4.78. The largest absolute Gasteiger partial charge is 0.476 e. The summed E-state index contributed by atoms with van der Waals surface area (Å²) in [7, 11) is 0. The van der Waals surface area contributed by atoms with Crippen molar-refractivity contribution in [3.63, 3.8) is 0 Å². The van der Waals surface area contributed by atoms with Gasteiger partial charge >= 0.3 is 5.97 Å². The van der Waals surface area contributed by atoms with E-state index in [9.17, 15) is 4.79 Å². The highest BCUT2D eigenvalue weighted by Gasteiger charge is 2.22. The minimum absolute atomic E-state index is 0.219. The van der Waals surface area contributed by atoms with Crippen molar-refractivity contribution in [1.29, 1.82) is 0 Å². The Morgan fingerprint density at radius 1 is 1.67 bits per heavy atom. The monoisotopic (exact) mass is 183 g/mol. The van der Waals surface area contributed by atoms with E-state index in [4.69, 9.17) is 5.11 Å². The summed E-state index contributed by atoms with van der Waals surface area (Å²) < 4.78 is 0. The van der Waals surface area contributed by atoms with Crippen LogP contribution in [0.25, 0.3) is 0 Å². The molecule has 1 heterocycles. The minimum Gasteiger partial charge on any atom is -0.476 e. The Morgan fingerprint density at radius 3 is 2.83 bits per heavy atom. The van der Waals surface area contributed by atoms with Crippen LogP contribution in [-0.2, 0) is 0 Å². The second kappa shape index (κ2) is 2.86. The molecule has 1 N–H and O–H groups in total. The molecule has 12 heavy (non-hydrogen) atoms. The van der Waals surface area contributed by atoms with Crippen LogP contribution < -0.4 is 0 Å². The molecule has 0 radical (unpaired) electrons. The molecule has 0 unspecified atom stereocenters. The summed E-state index contributed by atoms with van der Waals surface area (Å²) in [5.74, 6) is -0.318. The zero-order valence-electron chi connectivity index (χ0n) is 6.49. The summed E-state index contributed by atoms with van der Waals surface area (Å²) in [6, 6.07) is 0. The van der Waals surface area contributed by atoms with E-state index in [-0.39, 0.29) is 5.01 Å². The second-order valence-electron chi connectivity index (χ2n) is 3.00. The highest BCUT2D eigenvalue weighted by molar-refractivity contribution is 7.13. The molecule has 1 aromatic heterocycles. The zero-order valence-corrected chi connectivity index (χ0v) is 7.30. The van der Waals surface area contributed by atoms with Gasteiger partial charge in [0.1, 0.15) is 0 Å². The second-order valence-corrected chi connectivity index (χ2v) is 4.06. The van der Waals surface area contributed by atoms with Gasteiger partial charge in [-0.2, -0.15) is 0 Å². The van der Waals surface area contributed by atoms with Gasteiger partial charge < -0.3 is 5.11 Å². The predicted octanol–water partition coefficient (Wildman–Crippen LogP) is 2.11. The Labute approximate surface area is 74.1 Å². The van der Waals surface area contributed by atoms with E-state index in [0.29, 0.717) is 5.92 Å². The molecule has 1 fully saturated rings. The first-order valence-electron chi connectivity index (χ1n) is 3.96. The van der Waals surface area contributed by atoms with E-state index in [1.165, 1.54) is 30.6 Å². The Balaban J connectivity index is 2.17. The smallest absolute Gasteiger partial charge is 0.365 e. The normalized spacial score (nSPS) is 17.3. The van der Waals surface area contributed by atoms with Crippen molar-refractivity contribution in [3.8, 4) is 0 Å². The number of aromatic nitrogens is 1. The lowest BCUT2D eigenvalue weighted by Crippen LogP contribution is -2.06. The fourth-order valence-electron chi connectivity index (χ4n) is 1.27. The molecule has 0 saturated heterocycles. The number of hydrogen-bond acceptors (Lipinski definition) is 3. The van der Waals surface area contributed by atoms with Crippen LogP contribution in [-0.4, -0.2) is 16.1 Å². The molecule has 3 nitrogen and oxygen atoms in total. The van der Waals surface area contributed by atoms with Crippen molar-refractivity contribution < 1.29 is 9.90 Å². The summed E-state index contributed by atoms with van der Waals surface area (Å²) in [5, 5.41) is 8.84. The maximum atomic E-state index is 10.5. The Morgan fingerprint density at radius 2 is 2.42 bits per heavy atom. The van der Waals surface area contributed by atoms with Gasteiger partial charge in [0.15, 0.2) is 0 Å². The van der Waals surface area contributed by atoms with Gasteiger partial charge in [0.2, 0.25) is 5.01 Å². The third kappa shape index (κ3) is 1.22. The maximum absolute atomic E-state index is 10.5. The number of aromatic carboxylic acids is 1. The van der Waals surface area contributed by atoms with Gasteiger partial charge in [0.25, 0.3) is 0 Å². The standard InChI is InChI=1S/C8H9NO2S/c10-8(11)7-9-4-6(12-7)5-2-1-3-5/h4-5H,1-3H2,(H,10,11). The Kier molecular flexibility index (Phi) is 1.84. The lowest BCUT2D eigenvalue weighted by atomic mass is 9.85. The van der Waals surface area contributed by atoms with Gasteiger partial charge in [-0.05, 0) is 18.8 Å². The van der Waals surface area contributed by atoms with Gasteiger partial charge in [-0.15, -0.1) is 11.3 Å². The summed E-state index contributed by atoms with van der Waals surface area (Å²) in [4.78, 5) is 15.5. The van der Waals surface area contributed by atoms with Crippen LogP contribution in [0.2, 0.25) is 0 Å². The van der Waals surface area contributed by atoms with Crippen LogP contribution in [0.1, 0.15) is 39.9 Å². The third-order valence-corrected chi connectivity index (χ3v) is 3.36. The third-order valence-electron chi connectivity index (χ3n) is 2.21. The number of carboxylic acids is 1. The molecular formula is C8H9NO2S. The first kappa shape index (κ1) is 7.73. The summed E-state index contributed by atoms with van der Waals surface area (Å²) in [6.07, 6.45) is 5.37. The SMILES string of the molecule is O=C(O)c1ncc(C2CCC2)s1. The van der Waals surface area contributed by atoms with E-state index in [0.717, 1.165) is 4.88 Å². The van der Waals surface area contributed by atoms with Gasteiger partial charge in [-0.1, -0.05) is 6.42 Å². The van der Waals surface area contributed by atoms with Crippen molar-refractivity contribution in [3.05, 3.63) is 16.1 Å². The number of nitrogens with zero attached hydrogens (tertiary/aromatic N) is 1. The van der Waals surface area contributed by atoms with Crippen molar-refractivity contribution in [2.24, 2.45) is 0 Å². The minimum atomic E-state index is -0.912. The molecule has 1 aliphatic carbocycles. The van der Waals surface area contributed by atoms with Crippen molar-refractivity contribution in [1.82, 2.24) is 4.98 Å². The highest BCUT2D eigenvalue weighted by Crippen LogP contribution is 2.38. The summed E-state index contributed by atoms with van der Waals surface area (Å²) in [6.45, 7) is 0. The Bertz CT molecular complexity index is 304. The van der Waals surface area contributed by atoms with E-state index in [2.05, 4.69) is 4.98 Å². The molecule has 0 amide bonds. The molecule has 4 heteroatoms. The topological polar surface area (TPSA) is 50.2 Å². The van der Waals surface area contributed by atoms with Gasteiger partial charge in [-0.25, -0.2) is 9.78 Å². The van der Waals surface area contributed by atoms with Crippen LogP contribution in [0.5, 0.6) is 0 Å².